The molecule has 1 N–H and O–H groups in total. The Morgan fingerprint density at radius 1 is 1.43 bits per heavy atom. The Hall–Kier alpha value is -1.60. The predicted molar refractivity (Wildman–Crippen MR) is 82.1 cm³/mol. The molecule has 1 aromatic carbocycles. The van der Waals surface area contributed by atoms with E-state index in [0.29, 0.717) is 17.9 Å². The number of benzene rings is 1. The minimum absolute atomic E-state index is 0.0337. The zero-order valence-corrected chi connectivity index (χ0v) is 13.1. The van der Waals surface area contributed by atoms with Crippen LogP contribution in [0.3, 0.4) is 0 Å². The van der Waals surface area contributed by atoms with Crippen molar-refractivity contribution in [2.45, 2.75) is 19.8 Å². The summed E-state index contributed by atoms with van der Waals surface area (Å²) in [5.74, 6) is -0.203. The molecule has 0 unspecified atom stereocenters. The van der Waals surface area contributed by atoms with Crippen molar-refractivity contribution in [1.29, 1.82) is 0 Å². The number of carbonyl (C=O) groups excluding carboxylic acids is 1. The van der Waals surface area contributed by atoms with E-state index >= 15 is 0 Å². The SMILES string of the molecule is CCS(=O)(=O)N1CCCc2ccc(NC(=O)COC)cc21. The van der Waals surface area contributed by atoms with E-state index in [4.69, 9.17) is 4.74 Å². The van der Waals surface area contributed by atoms with Gasteiger partial charge in [-0.2, -0.15) is 0 Å². The smallest absolute Gasteiger partial charge is 0.250 e. The zero-order valence-electron chi connectivity index (χ0n) is 12.3. The maximum Gasteiger partial charge on any atom is 0.250 e. The van der Waals surface area contributed by atoms with Crippen LogP contribution in [0.4, 0.5) is 11.4 Å². The van der Waals surface area contributed by atoms with E-state index in [1.54, 1.807) is 19.1 Å². The predicted octanol–water partition coefficient (Wildman–Crippen LogP) is 1.37. The van der Waals surface area contributed by atoms with E-state index in [1.165, 1.54) is 11.4 Å². The van der Waals surface area contributed by atoms with Gasteiger partial charge in [0.25, 0.3) is 0 Å². The molecule has 116 valence electrons. The lowest BCUT2D eigenvalue weighted by Crippen LogP contribution is -2.36. The number of nitrogens with zero attached hydrogens (tertiary/aromatic N) is 1. The summed E-state index contributed by atoms with van der Waals surface area (Å²) in [6.07, 6.45) is 1.65. The molecule has 0 radical (unpaired) electrons. The number of hydrogen-bond acceptors (Lipinski definition) is 4. The number of carbonyl (C=O) groups is 1. The lowest BCUT2D eigenvalue weighted by Gasteiger charge is -2.30. The van der Waals surface area contributed by atoms with Gasteiger partial charge in [0, 0.05) is 19.3 Å². The highest BCUT2D eigenvalue weighted by atomic mass is 32.2. The Bertz CT molecular complexity index is 628. The standard InChI is InChI=1S/C14H20N2O4S/c1-3-21(18,19)16-8-4-5-11-6-7-12(9-13(11)16)15-14(17)10-20-2/h6-7,9H,3-5,8,10H2,1-2H3,(H,15,17). The lowest BCUT2D eigenvalue weighted by atomic mass is 10.0. The molecule has 1 aromatic rings. The molecule has 0 bridgehead atoms. The highest BCUT2D eigenvalue weighted by Crippen LogP contribution is 2.32. The van der Waals surface area contributed by atoms with E-state index in [-0.39, 0.29) is 18.3 Å². The van der Waals surface area contributed by atoms with Crippen LogP contribution in [-0.2, 0) is 26.0 Å². The third-order valence-corrected chi connectivity index (χ3v) is 5.20. The minimum atomic E-state index is -3.29. The third-order valence-electron chi connectivity index (χ3n) is 3.42. The average Bonchev–Trinajstić information content (AvgIpc) is 2.46. The topological polar surface area (TPSA) is 75.7 Å². The molecule has 0 atom stereocenters. The van der Waals surface area contributed by atoms with Gasteiger partial charge in [-0.15, -0.1) is 0 Å². The van der Waals surface area contributed by atoms with Crippen molar-refractivity contribution >= 4 is 27.3 Å². The first-order chi connectivity index (χ1) is 9.97. The maximum absolute atomic E-state index is 12.2. The van der Waals surface area contributed by atoms with E-state index in [0.717, 1.165) is 18.4 Å². The van der Waals surface area contributed by atoms with Gasteiger partial charge >= 0.3 is 0 Å². The van der Waals surface area contributed by atoms with E-state index < -0.39 is 10.0 Å². The summed E-state index contributed by atoms with van der Waals surface area (Å²) in [6.45, 7) is 2.08. The quantitative estimate of drug-likeness (QED) is 0.891. The molecule has 0 spiro atoms. The number of aryl methyl sites for hydroxylation is 1. The highest BCUT2D eigenvalue weighted by molar-refractivity contribution is 7.92. The van der Waals surface area contributed by atoms with Crippen LogP contribution >= 0.6 is 0 Å². The van der Waals surface area contributed by atoms with Crippen LogP contribution in [0.2, 0.25) is 0 Å². The number of fused-ring (bicyclic) bond motifs is 1. The van der Waals surface area contributed by atoms with Crippen molar-refractivity contribution < 1.29 is 17.9 Å². The Labute approximate surface area is 125 Å². The van der Waals surface area contributed by atoms with Crippen LogP contribution in [0, 0.1) is 0 Å². The monoisotopic (exact) mass is 312 g/mol. The summed E-state index contributed by atoms with van der Waals surface area (Å²) in [4.78, 5) is 11.5. The van der Waals surface area contributed by atoms with Crippen LogP contribution in [-0.4, -0.2) is 40.3 Å². The molecule has 0 saturated carbocycles. The van der Waals surface area contributed by atoms with Crippen molar-refractivity contribution in [2.75, 3.05) is 35.6 Å². The summed E-state index contributed by atoms with van der Waals surface area (Å²) in [5, 5.41) is 2.70. The number of methoxy groups -OCH3 is 1. The Morgan fingerprint density at radius 3 is 2.86 bits per heavy atom. The largest absolute Gasteiger partial charge is 0.375 e. The van der Waals surface area contributed by atoms with Crippen molar-refractivity contribution in [1.82, 2.24) is 0 Å². The maximum atomic E-state index is 12.2. The molecule has 6 nitrogen and oxygen atoms in total. The van der Waals surface area contributed by atoms with E-state index in [9.17, 15) is 13.2 Å². The number of sulfonamides is 1. The van der Waals surface area contributed by atoms with Gasteiger partial charge in [-0.1, -0.05) is 6.07 Å². The normalized spacial score (nSPS) is 14.7. The van der Waals surface area contributed by atoms with Crippen LogP contribution in [0.15, 0.2) is 18.2 Å². The number of hydrogen-bond donors (Lipinski definition) is 1. The molecule has 1 amide bonds. The minimum Gasteiger partial charge on any atom is -0.375 e. The van der Waals surface area contributed by atoms with Crippen LogP contribution in [0.5, 0.6) is 0 Å². The number of ether oxygens (including phenoxy) is 1. The summed E-state index contributed by atoms with van der Waals surface area (Å²) in [6, 6.07) is 5.37. The zero-order chi connectivity index (χ0) is 15.5. The first-order valence-electron chi connectivity index (χ1n) is 6.90. The van der Waals surface area contributed by atoms with Crippen molar-refractivity contribution in [3.63, 3.8) is 0 Å². The third kappa shape index (κ3) is 3.54. The Kier molecular flexibility index (Phi) is 4.84. The second-order valence-electron chi connectivity index (χ2n) is 4.90. The summed E-state index contributed by atoms with van der Waals surface area (Å²) in [7, 11) is -1.85. The second kappa shape index (κ2) is 6.44. The van der Waals surface area contributed by atoms with Gasteiger partial charge in [0.05, 0.1) is 11.4 Å². The summed E-state index contributed by atoms with van der Waals surface area (Å²) >= 11 is 0. The van der Waals surface area contributed by atoms with Gasteiger partial charge in [0.1, 0.15) is 6.61 Å². The fourth-order valence-corrected chi connectivity index (χ4v) is 3.58. The number of amides is 1. The van der Waals surface area contributed by atoms with Crippen LogP contribution in [0.1, 0.15) is 18.9 Å². The van der Waals surface area contributed by atoms with Gasteiger partial charge < -0.3 is 10.1 Å². The summed E-state index contributed by atoms with van der Waals surface area (Å²) < 4.78 is 30.5. The molecule has 0 fully saturated rings. The molecule has 0 aromatic heterocycles. The second-order valence-corrected chi connectivity index (χ2v) is 7.08. The first-order valence-corrected chi connectivity index (χ1v) is 8.51. The Balaban J connectivity index is 2.32. The molecule has 7 heteroatoms. The number of nitrogens with one attached hydrogen (secondary N) is 1. The molecular weight excluding hydrogens is 292 g/mol. The van der Waals surface area contributed by atoms with Gasteiger partial charge in [-0.25, -0.2) is 8.42 Å². The van der Waals surface area contributed by atoms with Gasteiger partial charge in [0.15, 0.2) is 0 Å². The van der Waals surface area contributed by atoms with Gasteiger partial charge in [-0.05, 0) is 37.5 Å². The molecule has 1 heterocycles. The van der Waals surface area contributed by atoms with E-state index in [1.807, 2.05) is 6.07 Å². The number of rotatable bonds is 5. The van der Waals surface area contributed by atoms with Crippen molar-refractivity contribution in [2.24, 2.45) is 0 Å². The molecule has 1 aliphatic rings. The molecule has 2 rings (SSSR count). The van der Waals surface area contributed by atoms with Gasteiger partial charge in [0.2, 0.25) is 15.9 Å². The molecule has 0 aliphatic carbocycles. The highest BCUT2D eigenvalue weighted by Gasteiger charge is 2.26. The van der Waals surface area contributed by atoms with Crippen LogP contribution in [0.25, 0.3) is 0 Å². The fraction of sp³-hybridized carbons (Fsp3) is 0.500. The average molecular weight is 312 g/mol. The molecule has 1 aliphatic heterocycles. The van der Waals surface area contributed by atoms with E-state index in [2.05, 4.69) is 5.32 Å². The van der Waals surface area contributed by atoms with Crippen molar-refractivity contribution in [3.05, 3.63) is 23.8 Å². The molecule has 21 heavy (non-hydrogen) atoms. The van der Waals surface area contributed by atoms with Gasteiger partial charge in [-0.3, -0.25) is 9.10 Å². The van der Waals surface area contributed by atoms with Crippen LogP contribution < -0.4 is 9.62 Å². The Morgan fingerprint density at radius 2 is 2.19 bits per heavy atom. The number of anilines is 2. The first kappa shape index (κ1) is 15.8. The fourth-order valence-electron chi connectivity index (χ4n) is 2.39. The molecule has 0 saturated heterocycles. The summed E-state index contributed by atoms with van der Waals surface area (Å²) in [5.41, 5.74) is 2.23. The van der Waals surface area contributed by atoms with Crippen molar-refractivity contribution in [3.8, 4) is 0 Å². The molecular formula is C14H20N2O4S. The lowest BCUT2D eigenvalue weighted by molar-refractivity contribution is -0.119.